The minimum Gasteiger partial charge on any atom is -0.478 e. The molecule has 2 N–H and O–H groups in total. The van der Waals surface area contributed by atoms with Crippen molar-refractivity contribution in [2.45, 2.75) is 32.9 Å². The van der Waals surface area contributed by atoms with Gasteiger partial charge in [-0.3, -0.25) is 4.79 Å². The van der Waals surface area contributed by atoms with Gasteiger partial charge in [-0.2, -0.15) is 0 Å². The number of aryl methyl sites for hydroxylation is 2. The number of aromatic carboxylic acids is 1. The molecule has 3 aromatic rings. The van der Waals surface area contributed by atoms with Crippen molar-refractivity contribution >= 4 is 23.3 Å². The number of carboxylic acid groups (broad SMARTS) is 1. The largest absolute Gasteiger partial charge is 0.478 e. The third-order valence-corrected chi connectivity index (χ3v) is 5.21. The molecule has 29 heavy (non-hydrogen) atoms. The standard InChI is InChI=1S/C22H24ClN3O3/c1-13(2)26-10-9-17(22(28)29)21(26)20(15-5-7-16(23)8-6-15)24-18-12-25(4)19(27)11-14(18)3/h5-13,20,24H,1-4H3,(H,28,29). The quantitative estimate of drug-likeness (QED) is 0.617. The lowest BCUT2D eigenvalue weighted by molar-refractivity contribution is 0.0695. The highest BCUT2D eigenvalue weighted by molar-refractivity contribution is 6.30. The van der Waals surface area contributed by atoms with Crippen LogP contribution in [0, 0.1) is 6.92 Å². The molecule has 0 radical (unpaired) electrons. The van der Waals surface area contributed by atoms with Crippen LogP contribution in [-0.4, -0.2) is 20.2 Å². The van der Waals surface area contributed by atoms with Crippen molar-refractivity contribution in [3.8, 4) is 0 Å². The molecule has 152 valence electrons. The van der Waals surface area contributed by atoms with E-state index in [1.54, 1.807) is 43.7 Å². The minimum atomic E-state index is -0.989. The first-order valence-electron chi connectivity index (χ1n) is 9.32. The summed E-state index contributed by atoms with van der Waals surface area (Å²) < 4.78 is 3.45. The van der Waals surface area contributed by atoms with Crippen molar-refractivity contribution in [3.63, 3.8) is 0 Å². The molecule has 0 amide bonds. The van der Waals surface area contributed by atoms with Gasteiger partial charge in [0.2, 0.25) is 0 Å². The second kappa shape index (κ2) is 8.17. The molecule has 1 unspecified atom stereocenters. The number of carboxylic acids is 1. The molecule has 0 bridgehead atoms. The fraction of sp³-hybridized carbons (Fsp3) is 0.273. The Morgan fingerprint density at radius 2 is 1.83 bits per heavy atom. The molecule has 0 fully saturated rings. The molecule has 1 atom stereocenters. The molecule has 0 aliphatic heterocycles. The van der Waals surface area contributed by atoms with Crippen LogP contribution in [0.5, 0.6) is 0 Å². The Balaban J connectivity index is 2.22. The molecule has 2 aromatic heterocycles. The van der Waals surface area contributed by atoms with Crippen LogP contribution in [0.15, 0.2) is 53.6 Å². The van der Waals surface area contributed by atoms with Crippen LogP contribution in [0.2, 0.25) is 5.02 Å². The third kappa shape index (κ3) is 4.22. The number of hydrogen-bond donors (Lipinski definition) is 2. The van der Waals surface area contributed by atoms with Gasteiger partial charge in [-0.25, -0.2) is 4.79 Å². The van der Waals surface area contributed by atoms with E-state index in [1.807, 2.05) is 37.5 Å². The predicted octanol–water partition coefficient (Wildman–Crippen LogP) is 4.63. The summed E-state index contributed by atoms with van der Waals surface area (Å²) in [4.78, 5) is 23.9. The Morgan fingerprint density at radius 3 is 2.41 bits per heavy atom. The van der Waals surface area contributed by atoms with Gasteiger partial charge in [-0.05, 0) is 50.1 Å². The number of rotatable bonds is 6. The van der Waals surface area contributed by atoms with Crippen molar-refractivity contribution in [1.82, 2.24) is 9.13 Å². The highest BCUT2D eigenvalue weighted by atomic mass is 35.5. The maximum atomic E-state index is 12.0. The third-order valence-electron chi connectivity index (χ3n) is 4.95. The molecule has 0 saturated carbocycles. The van der Waals surface area contributed by atoms with Crippen LogP contribution in [0.4, 0.5) is 5.69 Å². The van der Waals surface area contributed by atoms with E-state index in [9.17, 15) is 14.7 Å². The number of hydrogen-bond acceptors (Lipinski definition) is 3. The summed E-state index contributed by atoms with van der Waals surface area (Å²) in [6.45, 7) is 5.86. The minimum absolute atomic E-state index is 0.0657. The van der Waals surface area contributed by atoms with Crippen LogP contribution < -0.4 is 10.9 Å². The first-order chi connectivity index (χ1) is 13.7. The number of benzene rings is 1. The molecule has 0 spiro atoms. The Morgan fingerprint density at radius 1 is 1.17 bits per heavy atom. The lowest BCUT2D eigenvalue weighted by atomic mass is 9.99. The molecule has 7 heteroatoms. The number of halogens is 1. The maximum Gasteiger partial charge on any atom is 0.337 e. The predicted molar refractivity (Wildman–Crippen MR) is 115 cm³/mol. The highest BCUT2D eigenvalue weighted by Gasteiger charge is 2.26. The lowest BCUT2D eigenvalue weighted by Crippen LogP contribution is -2.23. The average Bonchev–Trinajstić information content (AvgIpc) is 3.10. The van der Waals surface area contributed by atoms with Crippen LogP contribution >= 0.6 is 11.6 Å². The molecule has 0 saturated heterocycles. The smallest absolute Gasteiger partial charge is 0.337 e. The number of nitrogens with zero attached hydrogens (tertiary/aromatic N) is 2. The summed E-state index contributed by atoms with van der Waals surface area (Å²) in [5.74, 6) is -0.989. The van der Waals surface area contributed by atoms with Crippen LogP contribution in [0.3, 0.4) is 0 Å². The van der Waals surface area contributed by atoms with Gasteiger partial charge in [0.25, 0.3) is 5.56 Å². The summed E-state index contributed by atoms with van der Waals surface area (Å²) in [5.41, 5.74) is 3.17. The van der Waals surface area contributed by atoms with Crippen molar-refractivity contribution in [1.29, 1.82) is 0 Å². The second-order valence-electron chi connectivity index (χ2n) is 7.37. The van der Waals surface area contributed by atoms with Crippen LogP contribution in [0.1, 0.15) is 53.1 Å². The van der Waals surface area contributed by atoms with E-state index in [-0.39, 0.29) is 17.2 Å². The van der Waals surface area contributed by atoms with Gasteiger partial charge in [-0.1, -0.05) is 23.7 Å². The van der Waals surface area contributed by atoms with Gasteiger partial charge < -0.3 is 19.6 Å². The van der Waals surface area contributed by atoms with Gasteiger partial charge in [0.1, 0.15) is 0 Å². The monoisotopic (exact) mass is 413 g/mol. The first kappa shape index (κ1) is 20.7. The maximum absolute atomic E-state index is 12.0. The fourth-order valence-electron chi connectivity index (χ4n) is 3.39. The zero-order valence-electron chi connectivity index (χ0n) is 16.8. The summed E-state index contributed by atoms with van der Waals surface area (Å²) >= 11 is 6.07. The van der Waals surface area contributed by atoms with Crippen molar-refractivity contribution in [2.24, 2.45) is 7.05 Å². The molecule has 3 rings (SSSR count). The van der Waals surface area contributed by atoms with Gasteiger partial charge >= 0.3 is 5.97 Å². The van der Waals surface area contributed by atoms with E-state index < -0.39 is 12.0 Å². The van der Waals surface area contributed by atoms with E-state index in [0.717, 1.165) is 16.8 Å². The zero-order chi connectivity index (χ0) is 21.3. The summed E-state index contributed by atoms with van der Waals surface area (Å²) in [5, 5.41) is 13.9. The van der Waals surface area contributed by atoms with Crippen molar-refractivity contribution < 1.29 is 9.90 Å². The average molecular weight is 414 g/mol. The van der Waals surface area contributed by atoms with E-state index in [4.69, 9.17) is 11.6 Å². The first-order valence-corrected chi connectivity index (χ1v) is 9.70. The van der Waals surface area contributed by atoms with E-state index in [0.29, 0.717) is 10.7 Å². The van der Waals surface area contributed by atoms with Gasteiger partial charge in [-0.15, -0.1) is 0 Å². The Bertz CT molecular complexity index is 1100. The number of pyridine rings is 1. The van der Waals surface area contributed by atoms with Crippen molar-refractivity contribution in [3.05, 3.63) is 86.6 Å². The topological polar surface area (TPSA) is 76.3 Å². The van der Waals surface area contributed by atoms with Gasteiger partial charge in [0.05, 0.1) is 23.0 Å². The molecule has 6 nitrogen and oxygen atoms in total. The summed E-state index contributed by atoms with van der Waals surface area (Å²) in [7, 11) is 1.68. The van der Waals surface area contributed by atoms with Crippen molar-refractivity contribution in [2.75, 3.05) is 5.32 Å². The molecule has 1 aromatic carbocycles. The van der Waals surface area contributed by atoms with E-state index in [2.05, 4.69) is 5.32 Å². The fourth-order valence-corrected chi connectivity index (χ4v) is 3.52. The van der Waals surface area contributed by atoms with E-state index in [1.165, 1.54) is 4.57 Å². The molecule has 2 heterocycles. The van der Waals surface area contributed by atoms with Crippen LogP contribution in [-0.2, 0) is 7.05 Å². The SMILES string of the molecule is Cc1cc(=O)n(C)cc1NC(c1ccc(Cl)cc1)c1c(C(=O)O)ccn1C(C)C. The number of aromatic nitrogens is 2. The molecule has 0 aliphatic rings. The van der Waals surface area contributed by atoms with E-state index >= 15 is 0 Å². The zero-order valence-corrected chi connectivity index (χ0v) is 17.6. The second-order valence-corrected chi connectivity index (χ2v) is 7.81. The van der Waals surface area contributed by atoms with Gasteiger partial charge in [0.15, 0.2) is 0 Å². The number of anilines is 1. The molecule has 0 aliphatic carbocycles. The number of nitrogens with one attached hydrogen (secondary N) is 1. The Kier molecular flexibility index (Phi) is 5.84. The number of carbonyl (C=O) groups is 1. The van der Waals surface area contributed by atoms with Crippen LogP contribution in [0.25, 0.3) is 0 Å². The Labute approximate surface area is 174 Å². The molecular weight excluding hydrogens is 390 g/mol. The lowest BCUT2D eigenvalue weighted by Gasteiger charge is -2.26. The normalized spacial score (nSPS) is 12.2. The Hall–Kier alpha value is -2.99. The molecular formula is C22H24ClN3O3. The van der Waals surface area contributed by atoms with Gasteiger partial charge in [0, 0.05) is 36.6 Å². The summed E-state index contributed by atoms with van der Waals surface area (Å²) in [6.07, 6.45) is 3.52. The highest BCUT2D eigenvalue weighted by Crippen LogP contribution is 2.33. The summed E-state index contributed by atoms with van der Waals surface area (Å²) in [6, 6.07) is 10.1.